The van der Waals surface area contributed by atoms with Gasteiger partial charge in [-0.2, -0.15) is 5.10 Å². The molecule has 3 nitrogen and oxygen atoms in total. The van der Waals surface area contributed by atoms with Crippen molar-refractivity contribution in [2.75, 3.05) is 13.1 Å². The summed E-state index contributed by atoms with van der Waals surface area (Å²) >= 11 is 0. The minimum absolute atomic E-state index is 0.586. The maximum atomic E-state index is 4.44. The Labute approximate surface area is 131 Å². The quantitative estimate of drug-likeness (QED) is 0.730. The molecular weight excluding hydrogens is 270 g/mol. The molecule has 0 radical (unpaired) electrons. The summed E-state index contributed by atoms with van der Waals surface area (Å²) in [6, 6.07) is 17.8. The minimum atomic E-state index is 0.586. The van der Waals surface area contributed by atoms with Crippen LogP contribution in [-0.4, -0.2) is 27.6 Å². The van der Waals surface area contributed by atoms with Gasteiger partial charge >= 0.3 is 0 Å². The number of benzene rings is 1. The summed E-state index contributed by atoms with van der Waals surface area (Å²) in [7, 11) is 0. The monoisotopic (exact) mass is 291 g/mol. The molecule has 1 atom stereocenters. The van der Waals surface area contributed by atoms with Gasteiger partial charge in [0.2, 0.25) is 0 Å². The second kappa shape index (κ2) is 5.93. The highest BCUT2D eigenvalue weighted by Crippen LogP contribution is 2.31. The van der Waals surface area contributed by atoms with Crippen LogP contribution < -0.4 is 0 Å². The molecule has 112 valence electrons. The molecule has 0 unspecified atom stereocenters. The van der Waals surface area contributed by atoms with Gasteiger partial charge in [-0.05, 0) is 49.1 Å². The van der Waals surface area contributed by atoms with E-state index < -0.39 is 0 Å². The van der Waals surface area contributed by atoms with Crippen LogP contribution >= 0.6 is 0 Å². The van der Waals surface area contributed by atoms with E-state index in [-0.39, 0.29) is 0 Å². The van der Waals surface area contributed by atoms with E-state index in [1.54, 1.807) is 0 Å². The van der Waals surface area contributed by atoms with E-state index in [0.717, 1.165) is 13.0 Å². The van der Waals surface area contributed by atoms with E-state index >= 15 is 0 Å². The molecule has 1 aliphatic rings. The van der Waals surface area contributed by atoms with Crippen LogP contribution in [0, 0.1) is 0 Å². The first-order valence-electron chi connectivity index (χ1n) is 8.12. The highest BCUT2D eigenvalue weighted by atomic mass is 15.2. The summed E-state index contributed by atoms with van der Waals surface area (Å²) in [4.78, 5) is 2.63. The molecule has 3 heterocycles. The highest BCUT2D eigenvalue weighted by Gasteiger charge is 2.25. The second-order valence-electron chi connectivity index (χ2n) is 6.05. The zero-order chi connectivity index (χ0) is 14.8. The van der Waals surface area contributed by atoms with Gasteiger partial charge in [0.15, 0.2) is 0 Å². The molecule has 0 aliphatic carbocycles. The first kappa shape index (κ1) is 13.5. The SMILES string of the molecule is c1ccc([C@@H]2CCCN2CCc2cnn3ccccc23)cc1. The van der Waals surface area contributed by atoms with Gasteiger partial charge in [0, 0.05) is 18.8 Å². The normalized spacial score (nSPS) is 19.0. The zero-order valence-corrected chi connectivity index (χ0v) is 12.7. The standard InChI is InChI=1S/C19H21N3/c1-2-7-16(8-3-1)18-10-6-12-21(18)14-11-17-15-20-22-13-5-4-9-19(17)22/h1-5,7-9,13,15,18H,6,10-12,14H2/t18-/m0/s1. The van der Waals surface area contributed by atoms with Crippen LogP contribution in [0.5, 0.6) is 0 Å². The molecule has 0 bridgehead atoms. The Balaban J connectivity index is 1.49. The average Bonchev–Trinajstić information content (AvgIpc) is 3.20. The summed E-state index contributed by atoms with van der Waals surface area (Å²) in [5.41, 5.74) is 4.04. The molecule has 3 aromatic rings. The van der Waals surface area contributed by atoms with Gasteiger partial charge in [-0.25, -0.2) is 4.52 Å². The smallest absolute Gasteiger partial charge is 0.0694 e. The number of hydrogen-bond acceptors (Lipinski definition) is 2. The van der Waals surface area contributed by atoms with Crippen LogP contribution in [0.2, 0.25) is 0 Å². The number of rotatable bonds is 4. The lowest BCUT2D eigenvalue weighted by atomic mass is 10.0. The van der Waals surface area contributed by atoms with Crippen molar-refractivity contribution in [1.29, 1.82) is 0 Å². The fourth-order valence-corrected chi connectivity index (χ4v) is 3.59. The predicted octanol–water partition coefficient (Wildman–Crippen LogP) is 3.71. The van der Waals surface area contributed by atoms with Crippen LogP contribution in [-0.2, 0) is 6.42 Å². The largest absolute Gasteiger partial charge is 0.296 e. The predicted molar refractivity (Wildman–Crippen MR) is 88.9 cm³/mol. The number of hydrogen-bond donors (Lipinski definition) is 0. The lowest BCUT2D eigenvalue weighted by Gasteiger charge is -2.24. The number of aromatic nitrogens is 2. The van der Waals surface area contributed by atoms with Gasteiger partial charge in [0.05, 0.1) is 11.7 Å². The molecule has 0 N–H and O–H groups in total. The molecule has 3 heteroatoms. The van der Waals surface area contributed by atoms with E-state index in [0.29, 0.717) is 6.04 Å². The molecule has 2 aromatic heterocycles. The number of likely N-dealkylation sites (tertiary alicyclic amines) is 1. The fourth-order valence-electron chi connectivity index (χ4n) is 3.59. The fraction of sp³-hybridized carbons (Fsp3) is 0.316. The molecule has 22 heavy (non-hydrogen) atoms. The topological polar surface area (TPSA) is 20.5 Å². The number of nitrogens with zero attached hydrogens (tertiary/aromatic N) is 3. The third-order valence-corrected chi connectivity index (χ3v) is 4.72. The van der Waals surface area contributed by atoms with E-state index in [2.05, 4.69) is 52.5 Å². The van der Waals surface area contributed by atoms with Gasteiger partial charge in [-0.1, -0.05) is 36.4 Å². The molecule has 1 fully saturated rings. The number of pyridine rings is 1. The minimum Gasteiger partial charge on any atom is -0.296 e. The van der Waals surface area contributed by atoms with Gasteiger partial charge in [0.25, 0.3) is 0 Å². The molecule has 4 rings (SSSR count). The Morgan fingerprint density at radius 3 is 2.82 bits per heavy atom. The Morgan fingerprint density at radius 1 is 1.05 bits per heavy atom. The third-order valence-electron chi connectivity index (χ3n) is 4.72. The van der Waals surface area contributed by atoms with Crippen LogP contribution in [0.3, 0.4) is 0 Å². The molecule has 1 aromatic carbocycles. The molecular formula is C19H21N3. The Kier molecular flexibility index (Phi) is 3.65. The molecule has 0 spiro atoms. The van der Waals surface area contributed by atoms with Crippen LogP contribution in [0.1, 0.15) is 30.0 Å². The molecule has 0 saturated carbocycles. The van der Waals surface area contributed by atoms with Crippen LogP contribution in [0.15, 0.2) is 60.9 Å². The van der Waals surface area contributed by atoms with Crippen molar-refractivity contribution in [2.45, 2.75) is 25.3 Å². The summed E-state index contributed by atoms with van der Waals surface area (Å²) in [5.74, 6) is 0. The molecule has 1 aliphatic heterocycles. The van der Waals surface area contributed by atoms with Crippen molar-refractivity contribution in [3.05, 3.63) is 72.1 Å². The van der Waals surface area contributed by atoms with Gasteiger partial charge in [0.1, 0.15) is 0 Å². The van der Waals surface area contributed by atoms with E-state index in [9.17, 15) is 0 Å². The van der Waals surface area contributed by atoms with Gasteiger partial charge in [-0.15, -0.1) is 0 Å². The summed E-state index contributed by atoms with van der Waals surface area (Å²) < 4.78 is 1.97. The van der Waals surface area contributed by atoms with Crippen molar-refractivity contribution in [3.63, 3.8) is 0 Å². The average molecular weight is 291 g/mol. The van der Waals surface area contributed by atoms with E-state index in [1.807, 2.05) is 23.0 Å². The van der Waals surface area contributed by atoms with Crippen LogP contribution in [0.25, 0.3) is 5.52 Å². The summed E-state index contributed by atoms with van der Waals surface area (Å²) in [6.07, 6.45) is 7.67. The van der Waals surface area contributed by atoms with Crippen molar-refractivity contribution in [3.8, 4) is 0 Å². The lowest BCUT2D eigenvalue weighted by molar-refractivity contribution is 0.261. The lowest BCUT2D eigenvalue weighted by Crippen LogP contribution is -2.25. The Hall–Kier alpha value is -2.13. The Bertz CT molecular complexity index is 747. The van der Waals surface area contributed by atoms with Crippen molar-refractivity contribution < 1.29 is 0 Å². The Morgan fingerprint density at radius 2 is 1.91 bits per heavy atom. The first-order chi connectivity index (χ1) is 10.9. The first-order valence-corrected chi connectivity index (χ1v) is 8.12. The summed E-state index contributed by atoms with van der Waals surface area (Å²) in [6.45, 7) is 2.31. The zero-order valence-electron chi connectivity index (χ0n) is 12.7. The van der Waals surface area contributed by atoms with E-state index in [4.69, 9.17) is 0 Å². The highest BCUT2D eigenvalue weighted by molar-refractivity contribution is 5.53. The van der Waals surface area contributed by atoms with E-state index in [1.165, 1.54) is 36.0 Å². The van der Waals surface area contributed by atoms with Crippen molar-refractivity contribution in [1.82, 2.24) is 14.5 Å². The summed E-state index contributed by atoms with van der Waals surface area (Å²) in [5, 5.41) is 4.44. The van der Waals surface area contributed by atoms with Gasteiger partial charge in [-0.3, -0.25) is 4.90 Å². The van der Waals surface area contributed by atoms with Crippen LogP contribution in [0.4, 0.5) is 0 Å². The van der Waals surface area contributed by atoms with Crippen molar-refractivity contribution in [2.24, 2.45) is 0 Å². The third kappa shape index (κ3) is 2.53. The van der Waals surface area contributed by atoms with Crippen molar-refractivity contribution >= 4 is 5.52 Å². The molecule has 1 saturated heterocycles. The van der Waals surface area contributed by atoms with Gasteiger partial charge < -0.3 is 0 Å². The molecule has 0 amide bonds. The number of fused-ring (bicyclic) bond motifs is 1. The second-order valence-corrected chi connectivity index (χ2v) is 6.05. The maximum absolute atomic E-state index is 4.44. The maximum Gasteiger partial charge on any atom is 0.0694 e.